The Bertz CT molecular complexity index is 775. The second-order valence-corrected chi connectivity index (χ2v) is 7.84. The zero-order chi connectivity index (χ0) is 16.4. The van der Waals surface area contributed by atoms with E-state index in [1.54, 1.807) is 24.3 Å². The molecule has 0 atom stereocenters. The van der Waals surface area contributed by atoms with Crippen LogP contribution >= 0.6 is 11.6 Å². The Labute approximate surface area is 152 Å². The largest absolute Gasteiger partial charge is 1.00 e. The molecule has 0 unspecified atom stereocenters. The normalized spacial score (nSPS) is 16.6. The van der Waals surface area contributed by atoms with Gasteiger partial charge in [-0.3, -0.25) is 0 Å². The highest BCUT2D eigenvalue weighted by Crippen LogP contribution is 2.18. The predicted octanol–water partition coefficient (Wildman–Crippen LogP) is -1.30. The van der Waals surface area contributed by atoms with E-state index in [1.807, 2.05) is 0 Å². The lowest BCUT2D eigenvalue weighted by molar-refractivity contribution is -0.837. The standard InChI is InChI=1S/C16H16ClFN2O2S.ClH/c17-13-1-7-16(8-2-13)23(21,22)20-11-9-19(10-12-20)15-5-3-14(18)4-6-15;/h1-8H,9-12H2;1H. The van der Waals surface area contributed by atoms with Crippen molar-refractivity contribution >= 4 is 27.3 Å². The molecule has 24 heavy (non-hydrogen) atoms. The van der Waals surface area contributed by atoms with E-state index in [1.165, 1.54) is 28.6 Å². The lowest BCUT2D eigenvalue weighted by Crippen LogP contribution is -3.10. The van der Waals surface area contributed by atoms with Crippen LogP contribution in [-0.4, -0.2) is 38.9 Å². The Kier molecular flexibility index (Phi) is 6.22. The molecular weight excluding hydrogens is 374 g/mol. The average Bonchev–Trinajstić information content (AvgIpc) is 2.56. The predicted molar refractivity (Wildman–Crippen MR) is 87.0 cm³/mol. The number of sulfonamides is 1. The lowest BCUT2D eigenvalue weighted by Gasteiger charge is -2.31. The molecule has 8 heteroatoms. The van der Waals surface area contributed by atoms with Gasteiger partial charge in [0.15, 0.2) is 0 Å². The number of benzene rings is 2. The highest BCUT2D eigenvalue weighted by molar-refractivity contribution is 7.89. The summed E-state index contributed by atoms with van der Waals surface area (Å²) < 4.78 is 39.7. The topological polar surface area (TPSA) is 41.8 Å². The van der Waals surface area contributed by atoms with Gasteiger partial charge in [0.05, 0.1) is 31.1 Å². The third kappa shape index (κ3) is 4.07. The summed E-state index contributed by atoms with van der Waals surface area (Å²) in [6.45, 7) is 2.16. The van der Waals surface area contributed by atoms with Crippen LogP contribution in [0.3, 0.4) is 0 Å². The SMILES string of the molecule is O=S(=O)(c1ccc(Cl)cc1)N1CC[NH+](c2ccc(F)cc2)CC1.[Cl-]. The quantitative estimate of drug-likeness (QED) is 0.707. The van der Waals surface area contributed by atoms with E-state index in [4.69, 9.17) is 11.6 Å². The van der Waals surface area contributed by atoms with E-state index < -0.39 is 10.0 Å². The molecule has 1 aliphatic heterocycles. The summed E-state index contributed by atoms with van der Waals surface area (Å²) in [6.07, 6.45) is 0. The maximum Gasteiger partial charge on any atom is 0.243 e. The van der Waals surface area contributed by atoms with Gasteiger partial charge in [-0.2, -0.15) is 4.31 Å². The number of halogens is 3. The van der Waals surface area contributed by atoms with Gasteiger partial charge in [-0.1, -0.05) is 11.6 Å². The first-order valence-electron chi connectivity index (χ1n) is 7.33. The Morgan fingerprint density at radius 1 is 0.958 bits per heavy atom. The zero-order valence-electron chi connectivity index (χ0n) is 12.8. The Balaban J connectivity index is 0.00000208. The van der Waals surface area contributed by atoms with Crippen molar-refractivity contribution in [2.45, 2.75) is 4.90 Å². The third-order valence-electron chi connectivity index (χ3n) is 4.03. The molecule has 0 amide bonds. The van der Waals surface area contributed by atoms with Crippen molar-refractivity contribution in [3.8, 4) is 0 Å². The minimum atomic E-state index is -3.49. The molecule has 0 aliphatic carbocycles. The summed E-state index contributed by atoms with van der Waals surface area (Å²) in [5, 5.41) is 0.509. The third-order valence-corrected chi connectivity index (χ3v) is 6.19. The van der Waals surface area contributed by atoms with Crippen LogP contribution in [-0.2, 0) is 10.0 Å². The van der Waals surface area contributed by atoms with Gasteiger partial charge in [-0.15, -0.1) is 0 Å². The number of rotatable bonds is 3. The van der Waals surface area contributed by atoms with Crippen molar-refractivity contribution in [2.24, 2.45) is 0 Å². The highest BCUT2D eigenvalue weighted by atomic mass is 35.5. The van der Waals surface area contributed by atoms with Gasteiger partial charge in [-0.25, -0.2) is 12.8 Å². The molecule has 0 radical (unpaired) electrons. The van der Waals surface area contributed by atoms with Crippen LogP contribution in [0.1, 0.15) is 0 Å². The van der Waals surface area contributed by atoms with Crippen LogP contribution in [0, 0.1) is 5.82 Å². The summed E-state index contributed by atoms with van der Waals surface area (Å²) in [6, 6.07) is 12.6. The number of nitrogens with zero attached hydrogens (tertiary/aromatic N) is 1. The molecule has 1 heterocycles. The fourth-order valence-electron chi connectivity index (χ4n) is 2.73. The van der Waals surface area contributed by atoms with Crippen molar-refractivity contribution in [2.75, 3.05) is 26.2 Å². The van der Waals surface area contributed by atoms with Crippen molar-refractivity contribution in [3.63, 3.8) is 0 Å². The maximum absolute atomic E-state index is 13.0. The maximum atomic E-state index is 13.0. The van der Waals surface area contributed by atoms with Crippen LogP contribution in [0.25, 0.3) is 0 Å². The van der Waals surface area contributed by atoms with Gasteiger partial charge in [-0.05, 0) is 36.4 Å². The Morgan fingerprint density at radius 2 is 1.50 bits per heavy atom. The smallest absolute Gasteiger partial charge is 0.243 e. The van der Waals surface area contributed by atoms with Crippen LogP contribution in [0.4, 0.5) is 10.1 Å². The Hall–Kier alpha value is -1.18. The van der Waals surface area contributed by atoms with Gasteiger partial charge in [0.2, 0.25) is 10.0 Å². The molecule has 1 fully saturated rings. The van der Waals surface area contributed by atoms with Gasteiger partial charge in [0.25, 0.3) is 0 Å². The molecule has 4 nitrogen and oxygen atoms in total. The second kappa shape index (κ2) is 7.80. The fraction of sp³-hybridized carbons (Fsp3) is 0.250. The van der Waals surface area contributed by atoms with E-state index in [-0.39, 0.29) is 23.1 Å². The van der Waals surface area contributed by atoms with Crippen molar-refractivity contribution in [1.29, 1.82) is 0 Å². The van der Waals surface area contributed by atoms with Crippen molar-refractivity contribution in [1.82, 2.24) is 4.31 Å². The molecule has 1 saturated heterocycles. The van der Waals surface area contributed by atoms with E-state index in [2.05, 4.69) is 0 Å². The van der Waals surface area contributed by atoms with E-state index >= 15 is 0 Å². The monoisotopic (exact) mass is 390 g/mol. The van der Waals surface area contributed by atoms with Crippen LogP contribution in [0.15, 0.2) is 53.4 Å². The molecular formula is C16H17Cl2FN2O2S. The molecule has 0 bridgehead atoms. The molecule has 0 spiro atoms. The molecule has 0 aromatic heterocycles. The van der Waals surface area contributed by atoms with Gasteiger partial charge in [0, 0.05) is 17.2 Å². The molecule has 3 rings (SSSR count). The number of piperazine rings is 1. The number of nitrogens with one attached hydrogen (secondary N) is 1. The van der Waals surface area contributed by atoms with Crippen molar-refractivity contribution in [3.05, 3.63) is 59.4 Å². The van der Waals surface area contributed by atoms with Gasteiger partial charge < -0.3 is 17.3 Å². The summed E-state index contributed by atoms with van der Waals surface area (Å²) in [7, 11) is -3.49. The zero-order valence-corrected chi connectivity index (χ0v) is 15.1. The van der Waals surface area contributed by atoms with Gasteiger partial charge >= 0.3 is 0 Å². The Morgan fingerprint density at radius 3 is 2.04 bits per heavy atom. The van der Waals surface area contributed by atoms with Gasteiger partial charge in [0.1, 0.15) is 11.5 Å². The molecule has 2 aromatic carbocycles. The lowest BCUT2D eigenvalue weighted by atomic mass is 10.2. The van der Waals surface area contributed by atoms with E-state index in [0.717, 1.165) is 10.6 Å². The van der Waals surface area contributed by atoms with Crippen LogP contribution in [0.5, 0.6) is 0 Å². The van der Waals surface area contributed by atoms with Crippen molar-refractivity contribution < 1.29 is 30.1 Å². The summed E-state index contributed by atoms with van der Waals surface area (Å²) in [4.78, 5) is 1.42. The number of hydrogen-bond donors (Lipinski definition) is 1. The second-order valence-electron chi connectivity index (χ2n) is 5.47. The minimum absolute atomic E-state index is 0. The first-order chi connectivity index (χ1) is 11.0. The fourth-order valence-corrected chi connectivity index (χ4v) is 4.29. The van der Waals surface area contributed by atoms with E-state index in [0.29, 0.717) is 31.2 Å². The van der Waals surface area contributed by atoms with Crippen LogP contribution < -0.4 is 17.3 Å². The molecule has 2 aromatic rings. The summed E-state index contributed by atoms with van der Waals surface area (Å²) in [5.41, 5.74) is 0.981. The van der Waals surface area contributed by atoms with E-state index in [9.17, 15) is 12.8 Å². The first-order valence-corrected chi connectivity index (χ1v) is 9.15. The summed E-state index contributed by atoms with van der Waals surface area (Å²) in [5.74, 6) is -0.267. The molecule has 130 valence electrons. The average molecular weight is 391 g/mol. The molecule has 1 N–H and O–H groups in total. The summed E-state index contributed by atoms with van der Waals surface area (Å²) >= 11 is 5.81. The number of quaternary nitrogens is 1. The van der Waals surface area contributed by atoms with Crippen LogP contribution in [0.2, 0.25) is 5.02 Å². The molecule has 0 saturated carbocycles. The minimum Gasteiger partial charge on any atom is -1.00 e. The first kappa shape index (κ1) is 19.1. The molecule has 1 aliphatic rings. The number of hydrogen-bond acceptors (Lipinski definition) is 2. The highest BCUT2D eigenvalue weighted by Gasteiger charge is 2.31.